The molecule has 6 heteroatoms. The maximum absolute atomic E-state index is 12.4. The zero-order chi connectivity index (χ0) is 21.1. The van der Waals surface area contributed by atoms with E-state index < -0.39 is 0 Å². The van der Waals surface area contributed by atoms with Crippen molar-refractivity contribution in [2.75, 3.05) is 5.32 Å². The number of nitrogens with zero attached hydrogens (tertiary/aromatic N) is 1. The van der Waals surface area contributed by atoms with Crippen LogP contribution < -0.4 is 10.9 Å². The first-order chi connectivity index (χ1) is 14.5. The predicted octanol–water partition coefficient (Wildman–Crippen LogP) is 5.22. The SMILES string of the molecule is Cc1ccc(C(=O)Nc2cccc(/C=C(/Cl)c3nc4ccccc4c(=O)[nH]3)c2)cc1. The molecule has 0 aliphatic heterocycles. The minimum Gasteiger partial charge on any atom is -0.322 e. The molecule has 0 aliphatic rings. The quantitative estimate of drug-likeness (QED) is 0.479. The number of anilines is 1. The number of amides is 1. The summed E-state index contributed by atoms with van der Waals surface area (Å²) in [5, 5.41) is 3.68. The highest BCUT2D eigenvalue weighted by Crippen LogP contribution is 2.22. The Kier molecular flexibility index (Phi) is 5.46. The van der Waals surface area contributed by atoms with Gasteiger partial charge in [0.1, 0.15) is 0 Å². The Morgan fingerprint density at radius 2 is 1.80 bits per heavy atom. The van der Waals surface area contributed by atoms with Crippen LogP contribution in [0, 0.1) is 6.92 Å². The number of carbonyl (C=O) groups excluding carboxylic acids is 1. The minimum atomic E-state index is -0.249. The van der Waals surface area contributed by atoms with Gasteiger partial charge in [-0.3, -0.25) is 9.59 Å². The zero-order valence-corrected chi connectivity index (χ0v) is 16.9. The molecule has 4 rings (SSSR count). The molecule has 3 aromatic carbocycles. The lowest BCUT2D eigenvalue weighted by Crippen LogP contribution is -2.11. The van der Waals surface area contributed by atoms with Gasteiger partial charge in [-0.25, -0.2) is 4.98 Å². The Labute approximate surface area is 178 Å². The number of aromatic nitrogens is 2. The van der Waals surface area contributed by atoms with Crippen molar-refractivity contribution < 1.29 is 4.79 Å². The largest absolute Gasteiger partial charge is 0.322 e. The molecular formula is C24H18ClN3O2. The van der Waals surface area contributed by atoms with Crippen molar-refractivity contribution in [2.45, 2.75) is 6.92 Å². The normalized spacial score (nSPS) is 11.5. The lowest BCUT2D eigenvalue weighted by atomic mass is 10.1. The molecule has 0 spiro atoms. The molecule has 1 aromatic heterocycles. The Morgan fingerprint density at radius 1 is 1.03 bits per heavy atom. The highest BCUT2D eigenvalue weighted by Gasteiger charge is 2.08. The van der Waals surface area contributed by atoms with Crippen molar-refractivity contribution >= 4 is 45.2 Å². The molecule has 4 aromatic rings. The molecule has 0 unspecified atom stereocenters. The van der Waals surface area contributed by atoms with Gasteiger partial charge in [0.15, 0.2) is 5.82 Å². The number of hydrogen-bond acceptors (Lipinski definition) is 3. The van der Waals surface area contributed by atoms with Crippen LogP contribution in [-0.4, -0.2) is 15.9 Å². The molecule has 2 N–H and O–H groups in total. The van der Waals surface area contributed by atoms with Crippen molar-refractivity contribution in [3.05, 3.63) is 106 Å². The van der Waals surface area contributed by atoms with E-state index in [1.165, 1.54) is 0 Å². The summed E-state index contributed by atoms with van der Waals surface area (Å²) in [6.07, 6.45) is 1.69. The molecule has 0 saturated carbocycles. The molecule has 0 saturated heterocycles. The second kappa shape index (κ2) is 8.35. The predicted molar refractivity (Wildman–Crippen MR) is 122 cm³/mol. The number of halogens is 1. The number of carbonyl (C=O) groups is 1. The van der Waals surface area contributed by atoms with E-state index in [4.69, 9.17) is 11.6 Å². The summed E-state index contributed by atoms with van der Waals surface area (Å²) in [4.78, 5) is 31.8. The summed E-state index contributed by atoms with van der Waals surface area (Å²) in [7, 11) is 0. The highest BCUT2D eigenvalue weighted by molar-refractivity contribution is 6.50. The highest BCUT2D eigenvalue weighted by atomic mass is 35.5. The van der Waals surface area contributed by atoms with Crippen LogP contribution in [0.4, 0.5) is 5.69 Å². The summed E-state index contributed by atoms with van der Waals surface area (Å²) < 4.78 is 0. The van der Waals surface area contributed by atoms with Crippen LogP contribution in [0.25, 0.3) is 22.0 Å². The van der Waals surface area contributed by atoms with Crippen LogP contribution in [-0.2, 0) is 0 Å². The summed E-state index contributed by atoms with van der Waals surface area (Å²) in [6.45, 7) is 1.97. The number of fused-ring (bicyclic) bond motifs is 1. The number of hydrogen-bond donors (Lipinski definition) is 2. The van der Waals surface area contributed by atoms with Crippen LogP contribution >= 0.6 is 11.6 Å². The molecule has 1 heterocycles. The summed E-state index contributed by atoms with van der Waals surface area (Å²) in [5.41, 5.74) is 3.39. The lowest BCUT2D eigenvalue weighted by Gasteiger charge is -2.07. The van der Waals surface area contributed by atoms with E-state index in [0.717, 1.165) is 11.1 Å². The van der Waals surface area contributed by atoms with Crippen molar-refractivity contribution in [1.82, 2.24) is 9.97 Å². The summed E-state index contributed by atoms with van der Waals surface area (Å²) in [5.74, 6) is 0.0946. The number of nitrogens with one attached hydrogen (secondary N) is 2. The topological polar surface area (TPSA) is 74.8 Å². The van der Waals surface area contributed by atoms with Crippen LogP contribution in [0.2, 0.25) is 0 Å². The van der Waals surface area contributed by atoms with Gasteiger partial charge in [0.05, 0.1) is 15.9 Å². The van der Waals surface area contributed by atoms with E-state index in [-0.39, 0.29) is 17.3 Å². The standard InChI is InChI=1S/C24H18ClN3O2/c1-15-9-11-17(12-10-15)23(29)26-18-6-4-5-16(13-18)14-20(25)22-27-21-8-3-2-7-19(21)24(30)28-22/h2-14H,1H3,(H,26,29)(H,27,28,30)/b20-14+. The molecule has 0 atom stereocenters. The van der Waals surface area contributed by atoms with Crippen LogP contribution in [0.3, 0.4) is 0 Å². The van der Waals surface area contributed by atoms with E-state index in [1.807, 2.05) is 37.3 Å². The van der Waals surface area contributed by atoms with Gasteiger partial charge in [0.25, 0.3) is 11.5 Å². The van der Waals surface area contributed by atoms with Crippen molar-refractivity contribution in [3.8, 4) is 0 Å². The number of rotatable bonds is 4. The second-order valence-corrected chi connectivity index (χ2v) is 7.28. The van der Waals surface area contributed by atoms with Gasteiger partial charge in [-0.15, -0.1) is 0 Å². The fraction of sp³-hybridized carbons (Fsp3) is 0.0417. The number of aromatic amines is 1. The van der Waals surface area contributed by atoms with Gasteiger partial charge in [-0.2, -0.15) is 0 Å². The Morgan fingerprint density at radius 3 is 2.60 bits per heavy atom. The van der Waals surface area contributed by atoms with Gasteiger partial charge in [0, 0.05) is 11.3 Å². The number of benzene rings is 3. The van der Waals surface area contributed by atoms with Crippen LogP contribution in [0.5, 0.6) is 0 Å². The third kappa shape index (κ3) is 4.31. The third-order valence-corrected chi connectivity index (χ3v) is 4.88. The molecule has 0 fully saturated rings. The smallest absolute Gasteiger partial charge is 0.259 e. The molecule has 0 radical (unpaired) electrons. The monoisotopic (exact) mass is 415 g/mol. The van der Waals surface area contributed by atoms with Gasteiger partial charge >= 0.3 is 0 Å². The van der Waals surface area contributed by atoms with E-state index in [2.05, 4.69) is 15.3 Å². The summed E-state index contributed by atoms with van der Waals surface area (Å²) in [6, 6.07) is 21.7. The average Bonchev–Trinajstić information content (AvgIpc) is 2.74. The van der Waals surface area contributed by atoms with Crippen molar-refractivity contribution in [2.24, 2.45) is 0 Å². The molecule has 0 bridgehead atoms. The Bertz CT molecular complexity index is 1320. The second-order valence-electron chi connectivity index (χ2n) is 6.87. The first-order valence-electron chi connectivity index (χ1n) is 9.34. The van der Waals surface area contributed by atoms with Gasteiger partial charge in [-0.05, 0) is 55.0 Å². The molecule has 0 aliphatic carbocycles. The van der Waals surface area contributed by atoms with E-state index in [9.17, 15) is 9.59 Å². The zero-order valence-electron chi connectivity index (χ0n) is 16.1. The maximum Gasteiger partial charge on any atom is 0.259 e. The molecule has 5 nitrogen and oxygen atoms in total. The molecular weight excluding hydrogens is 398 g/mol. The molecule has 148 valence electrons. The van der Waals surface area contributed by atoms with Crippen molar-refractivity contribution in [3.63, 3.8) is 0 Å². The van der Waals surface area contributed by atoms with E-state index in [1.54, 1.807) is 48.5 Å². The van der Waals surface area contributed by atoms with Crippen molar-refractivity contribution in [1.29, 1.82) is 0 Å². The molecule has 30 heavy (non-hydrogen) atoms. The Hall–Kier alpha value is -3.70. The van der Waals surface area contributed by atoms with Gasteiger partial charge < -0.3 is 10.3 Å². The van der Waals surface area contributed by atoms with Gasteiger partial charge in [-0.1, -0.05) is 53.6 Å². The summed E-state index contributed by atoms with van der Waals surface area (Å²) >= 11 is 6.42. The van der Waals surface area contributed by atoms with Gasteiger partial charge in [0.2, 0.25) is 0 Å². The lowest BCUT2D eigenvalue weighted by molar-refractivity contribution is 0.102. The number of aryl methyl sites for hydroxylation is 1. The number of H-pyrrole nitrogens is 1. The van der Waals surface area contributed by atoms with E-state index >= 15 is 0 Å². The fourth-order valence-electron chi connectivity index (χ4n) is 3.03. The van der Waals surface area contributed by atoms with E-state index in [0.29, 0.717) is 27.2 Å². The average molecular weight is 416 g/mol. The first-order valence-corrected chi connectivity index (χ1v) is 9.72. The first kappa shape index (κ1) is 19.6. The minimum absolute atomic E-state index is 0.192. The van der Waals surface area contributed by atoms with Crippen LogP contribution in [0.1, 0.15) is 27.3 Å². The number of para-hydroxylation sites is 1. The molecule has 1 amide bonds. The fourth-order valence-corrected chi connectivity index (χ4v) is 3.24. The third-order valence-electron chi connectivity index (χ3n) is 4.59. The maximum atomic E-state index is 12.4. The Balaban J connectivity index is 1.59. The van der Waals surface area contributed by atoms with Crippen LogP contribution in [0.15, 0.2) is 77.6 Å².